The van der Waals surface area contributed by atoms with Crippen molar-refractivity contribution in [1.82, 2.24) is 9.47 Å². The van der Waals surface area contributed by atoms with Crippen LogP contribution < -0.4 is 5.56 Å². The van der Waals surface area contributed by atoms with E-state index in [-0.39, 0.29) is 5.56 Å². The summed E-state index contributed by atoms with van der Waals surface area (Å²) in [5, 5.41) is 0. The molecule has 2 aliphatic heterocycles. The van der Waals surface area contributed by atoms with Crippen molar-refractivity contribution in [2.45, 2.75) is 25.3 Å². The van der Waals surface area contributed by atoms with Gasteiger partial charge in [-0.25, -0.2) is 0 Å². The monoisotopic (exact) mass is 244 g/mol. The number of piperidine rings is 1. The van der Waals surface area contributed by atoms with E-state index < -0.39 is 0 Å². The van der Waals surface area contributed by atoms with Crippen LogP contribution in [0.25, 0.3) is 0 Å². The first kappa shape index (κ1) is 11.7. The minimum absolute atomic E-state index is 0.168. The molecule has 0 amide bonds. The number of pyridine rings is 1. The first-order chi connectivity index (χ1) is 8.78. The number of nitrogens with zero attached hydrogens (tertiary/aromatic N) is 2. The average Bonchev–Trinajstić information content (AvgIpc) is 2.38. The minimum Gasteiger partial charge on any atom is -0.312 e. The Hall–Kier alpha value is -1.35. The summed E-state index contributed by atoms with van der Waals surface area (Å²) in [4.78, 5) is 14.4. The Bertz CT molecular complexity index is 505. The number of likely N-dealkylation sites (tertiary alicyclic amines) is 1. The van der Waals surface area contributed by atoms with Crippen LogP contribution in [0.4, 0.5) is 0 Å². The van der Waals surface area contributed by atoms with Crippen molar-refractivity contribution in [3.8, 4) is 0 Å². The van der Waals surface area contributed by atoms with Gasteiger partial charge in [0.2, 0.25) is 0 Å². The highest BCUT2D eigenvalue weighted by atomic mass is 16.1. The van der Waals surface area contributed by atoms with Gasteiger partial charge in [-0.1, -0.05) is 12.1 Å². The summed E-state index contributed by atoms with van der Waals surface area (Å²) < 4.78 is 1.99. The summed E-state index contributed by atoms with van der Waals surface area (Å²) in [6.45, 7) is 8.02. The molecule has 1 aromatic heterocycles. The standard InChI is InChI=1S/C15H20N2O/c1-2-3-7-16-9-12-8-13(11-16)14-5-4-6-15(18)17(14)10-12/h2,4-6,12-13H,1,3,7-11H2/t12-,13?/m1/s1. The van der Waals surface area contributed by atoms with E-state index in [1.165, 1.54) is 12.1 Å². The molecule has 0 aliphatic carbocycles. The van der Waals surface area contributed by atoms with Gasteiger partial charge in [0.15, 0.2) is 0 Å². The Morgan fingerprint density at radius 1 is 1.33 bits per heavy atom. The van der Waals surface area contributed by atoms with Crippen molar-refractivity contribution in [2.24, 2.45) is 5.92 Å². The highest BCUT2D eigenvalue weighted by molar-refractivity contribution is 5.16. The zero-order valence-corrected chi connectivity index (χ0v) is 10.7. The third-order valence-electron chi connectivity index (χ3n) is 4.20. The van der Waals surface area contributed by atoms with E-state index in [9.17, 15) is 4.79 Å². The highest BCUT2D eigenvalue weighted by Gasteiger charge is 2.33. The predicted molar refractivity (Wildman–Crippen MR) is 72.8 cm³/mol. The second kappa shape index (κ2) is 4.73. The normalized spacial score (nSPS) is 26.7. The van der Waals surface area contributed by atoms with Gasteiger partial charge in [0.1, 0.15) is 0 Å². The van der Waals surface area contributed by atoms with E-state index in [1.807, 2.05) is 16.7 Å². The third kappa shape index (κ3) is 2.03. The van der Waals surface area contributed by atoms with Crippen molar-refractivity contribution < 1.29 is 0 Å². The van der Waals surface area contributed by atoms with Crippen LogP contribution in [-0.2, 0) is 6.54 Å². The number of fused-ring (bicyclic) bond motifs is 4. The first-order valence-electron chi connectivity index (χ1n) is 6.81. The van der Waals surface area contributed by atoms with E-state index >= 15 is 0 Å². The molecule has 3 rings (SSSR count). The molecular weight excluding hydrogens is 224 g/mol. The predicted octanol–water partition coefficient (Wildman–Crippen LogP) is 1.84. The maximum Gasteiger partial charge on any atom is 0.250 e. The third-order valence-corrected chi connectivity index (χ3v) is 4.20. The summed E-state index contributed by atoms with van der Waals surface area (Å²) in [5.74, 6) is 1.18. The summed E-state index contributed by atoms with van der Waals surface area (Å²) >= 11 is 0. The summed E-state index contributed by atoms with van der Waals surface area (Å²) in [5.41, 5.74) is 1.41. The van der Waals surface area contributed by atoms with Crippen molar-refractivity contribution in [2.75, 3.05) is 19.6 Å². The fourth-order valence-corrected chi connectivity index (χ4v) is 3.45. The summed E-state index contributed by atoms with van der Waals surface area (Å²) in [6.07, 6.45) is 4.29. The molecule has 18 heavy (non-hydrogen) atoms. The second-order valence-corrected chi connectivity index (χ2v) is 5.54. The lowest BCUT2D eigenvalue weighted by atomic mass is 9.83. The minimum atomic E-state index is 0.168. The molecule has 96 valence electrons. The molecular formula is C15H20N2O. The van der Waals surface area contributed by atoms with Crippen molar-refractivity contribution in [3.63, 3.8) is 0 Å². The Labute approximate surface area is 108 Å². The largest absolute Gasteiger partial charge is 0.312 e. The number of rotatable bonds is 3. The molecule has 2 atom stereocenters. The maximum absolute atomic E-state index is 11.9. The van der Waals surface area contributed by atoms with E-state index in [0.29, 0.717) is 11.8 Å². The number of hydrogen-bond acceptors (Lipinski definition) is 2. The molecule has 3 heterocycles. The molecule has 0 saturated carbocycles. The van der Waals surface area contributed by atoms with E-state index in [2.05, 4.69) is 17.5 Å². The topological polar surface area (TPSA) is 25.2 Å². The van der Waals surface area contributed by atoms with Gasteiger partial charge in [0.25, 0.3) is 5.56 Å². The molecule has 1 unspecified atom stereocenters. The lowest BCUT2D eigenvalue weighted by Gasteiger charge is -2.42. The lowest BCUT2D eigenvalue weighted by molar-refractivity contribution is 0.122. The van der Waals surface area contributed by atoms with Gasteiger partial charge in [0.05, 0.1) is 0 Å². The van der Waals surface area contributed by atoms with Gasteiger partial charge in [0, 0.05) is 43.9 Å². The SMILES string of the molecule is C=CCCN1CC2C[C@H](C1)Cn1c2cccc1=O. The lowest BCUT2D eigenvalue weighted by Crippen LogP contribution is -2.47. The van der Waals surface area contributed by atoms with Crippen LogP contribution in [0.5, 0.6) is 0 Å². The van der Waals surface area contributed by atoms with Crippen LogP contribution in [0, 0.1) is 5.92 Å². The molecule has 2 aliphatic rings. The van der Waals surface area contributed by atoms with Gasteiger partial charge in [-0.3, -0.25) is 4.79 Å². The van der Waals surface area contributed by atoms with Crippen LogP contribution in [-0.4, -0.2) is 29.1 Å². The van der Waals surface area contributed by atoms with E-state index in [4.69, 9.17) is 0 Å². The van der Waals surface area contributed by atoms with Crippen LogP contribution in [0.1, 0.15) is 24.5 Å². The number of hydrogen-bond donors (Lipinski definition) is 0. The van der Waals surface area contributed by atoms with Gasteiger partial charge < -0.3 is 9.47 Å². The zero-order valence-electron chi connectivity index (χ0n) is 10.7. The first-order valence-corrected chi connectivity index (χ1v) is 6.81. The van der Waals surface area contributed by atoms with Gasteiger partial charge >= 0.3 is 0 Å². The molecule has 0 N–H and O–H groups in total. The average molecular weight is 244 g/mol. The van der Waals surface area contributed by atoms with Crippen molar-refractivity contribution >= 4 is 0 Å². The fraction of sp³-hybridized carbons (Fsp3) is 0.533. The Kier molecular flexibility index (Phi) is 3.08. The Balaban J connectivity index is 1.85. The van der Waals surface area contributed by atoms with Gasteiger partial charge in [-0.2, -0.15) is 0 Å². The fourth-order valence-electron chi connectivity index (χ4n) is 3.45. The molecule has 1 saturated heterocycles. The second-order valence-electron chi connectivity index (χ2n) is 5.54. The quantitative estimate of drug-likeness (QED) is 0.758. The van der Waals surface area contributed by atoms with Crippen LogP contribution >= 0.6 is 0 Å². The summed E-state index contributed by atoms with van der Waals surface area (Å²) in [6, 6.07) is 5.70. The molecule has 2 bridgehead atoms. The molecule has 1 aromatic rings. The van der Waals surface area contributed by atoms with Crippen LogP contribution in [0.15, 0.2) is 35.6 Å². The molecule has 3 heteroatoms. The van der Waals surface area contributed by atoms with Gasteiger partial charge in [-0.05, 0) is 24.8 Å². The molecule has 0 radical (unpaired) electrons. The van der Waals surface area contributed by atoms with Gasteiger partial charge in [-0.15, -0.1) is 6.58 Å². The van der Waals surface area contributed by atoms with Crippen LogP contribution in [0.2, 0.25) is 0 Å². The van der Waals surface area contributed by atoms with Crippen molar-refractivity contribution in [3.05, 3.63) is 46.9 Å². The van der Waals surface area contributed by atoms with E-state index in [1.54, 1.807) is 6.07 Å². The summed E-state index contributed by atoms with van der Waals surface area (Å²) in [7, 11) is 0. The number of aromatic nitrogens is 1. The van der Waals surface area contributed by atoms with Crippen molar-refractivity contribution in [1.29, 1.82) is 0 Å². The maximum atomic E-state index is 11.9. The molecule has 1 fully saturated rings. The molecule has 0 spiro atoms. The zero-order chi connectivity index (χ0) is 12.5. The molecule has 3 nitrogen and oxygen atoms in total. The van der Waals surface area contributed by atoms with Crippen LogP contribution in [0.3, 0.4) is 0 Å². The van der Waals surface area contributed by atoms with E-state index in [0.717, 1.165) is 32.6 Å². The smallest absolute Gasteiger partial charge is 0.250 e. The Morgan fingerprint density at radius 2 is 2.22 bits per heavy atom. The highest BCUT2D eigenvalue weighted by Crippen LogP contribution is 2.34. The molecule has 0 aromatic carbocycles. The Morgan fingerprint density at radius 3 is 3.06 bits per heavy atom.